The Bertz CT molecular complexity index is 669. The summed E-state index contributed by atoms with van der Waals surface area (Å²) in [5.41, 5.74) is 4.63. The largest absolute Gasteiger partial charge is 0.325 e. The molecule has 1 nitrogen and oxygen atoms in total. The summed E-state index contributed by atoms with van der Waals surface area (Å²) in [5, 5.41) is 0. The average molecular weight is 455 g/mol. The summed E-state index contributed by atoms with van der Waals surface area (Å²) in [6.45, 7) is 8.87. The van der Waals surface area contributed by atoms with Crippen molar-refractivity contribution in [1.82, 2.24) is 0 Å². The Labute approximate surface area is 140 Å². The van der Waals surface area contributed by atoms with Gasteiger partial charge in [0.05, 0.1) is 5.54 Å². The van der Waals surface area contributed by atoms with E-state index in [0.29, 0.717) is 0 Å². The second kappa shape index (κ2) is 5.51. The maximum atomic E-state index is 5.06. The summed E-state index contributed by atoms with van der Waals surface area (Å²) in [6.07, 6.45) is 0. The fraction of sp³-hybridized carbons (Fsp3) is 0.316. The zero-order valence-corrected chi connectivity index (χ0v) is 15.3. The van der Waals surface area contributed by atoms with Crippen LogP contribution in [0, 0.1) is 6.07 Å². The minimum atomic E-state index is -0.189. The zero-order chi connectivity index (χ0) is 14.4. The standard InChI is InChI=1S/C19H20N.Ir/c1-18(2)15-12-8-9-13-16(15)19(3,4)20-17(18)14-10-6-5-7-11-14;/h5-10,12-13H,1-4H3;/q-1;. The normalized spacial score (nSPS) is 18.2. The number of hydrogen-bond acceptors (Lipinski definition) is 1. The van der Waals surface area contributed by atoms with Crippen molar-refractivity contribution in [3.63, 3.8) is 0 Å². The van der Waals surface area contributed by atoms with E-state index in [1.54, 1.807) is 0 Å². The fourth-order valence-electron chi connectivity index (χ4n) is 3.11. The molecular weight excluding hydrogens is 434 g/mol. The predicted molar refractivity (Wildman–Crippen MR) is 84.3 cm³/mol. The van der Waals surface area contributed by atoms with E-state index < -0.39 is 0 Å². The van der Waals surface area contributed by atoms with Gasteiger partial charge in [-0.2, -0.15) is 0 Å². The van der Waals surface area contributed by atoms with Crippen LogP contribution in [0.15, 0.2) is 53.5 Å². The predicted octanol–water partition coefficient (Wildman–Crippen LogP) is 4.50. The molecule has 0 aliphatic carbocycles. The SMILES string of the molecule is CC1(C)N=C(c2[c-]cccc2)C(C)(C)c2ccccc21.[Ir]. The van der Waals surface area contributed by atoms with Gasteiger partial charge in [-0.25, -0.2) is 0 Å². The van der Waals surface area contributed by atoms with E-state index in [0.717, 1.165) is 11.3 Å². The number of rotatable bonds is 1. The third-order valence-corrected chi connectivity index (χ3v) is 4.21. The van der Waals surface area contributed by atoms with E-state index in [-0.39, 0.29) is 31.1 Å². The Kier molecular flexibility index (Phi) is 4.24. The Balaban J connectivity index is 0.00000161. The molecule has 0 saturated heterocycles. The zero-order valence-electron chi connectivity index (χ0n) is 12.9. The minimum Gasteiger partial charge on any atom is -0.325 e. The van der Waals surface area contributed by atoms with Crippen molar-refractivity contribution in [3.05, 3.63) is 71.3 Å². The van der Waals surface area contributed by atoms with Gasteiger partial charge >= 0.3 is 0 Å². The third-order valence-electron chi connectivity index (χ3n) is 4.21. The number of benzene rings is 2. The van der Waals surface area contributed by atoms with Crippen molar-refractivity contribution >= 4 is 5.71 Å². The summed E-state index contributed by atoms with van der Waals surface area (Å²) in [7, 11) is 0. The first-order chi connectivity index (χ1) is 9.43. The molecule has 0 spiro atoms. The van der Waals surface area contributed by atoms with Crippen LogP contribution in [0.2, 0.25) is 0 Å². The molecule has 0 N–H and O–H groups in total. The molecule has 0 saturated carbocycles. The Morgan fingerprint density at radius 3 is 2.10 bits per heavy atom. The first kappa shape index (κ1) is 16.1. The van der Waals surface area contributed by atoms with Gasteiger partial charge in [0.25, 0.3) is 0 Å². The maximum Gasteiger partial charge on any atom is 0.0700 e. The van der Waals surface area contributed by atoms with Gasteiger partial charge in [-0.05, 0) is 36.1 Å². The van der Waals surface area contributed by atoms with Crippen LogP contribution in [-0.2, 0) is 31.1 Å². The van der Waals surface area contributed by atoms with Crippen molar-refractivity contribution in [2.24, 2.45) is 4.99 Å². The van der Waals surface area contributed by atoms with Crippen molar-refractivity contribution in [2.75, 3.05) is 0 Å². The first-order valence-corrected chi connectivity index (χ1v) is 7.10. The monoisotopic (exact) mass is 455 g/mol. The second-order valence-electron chi connectivity index (χ2n) is 6.47. The van der Waals surface area contributed by atoms with Crippen LogP contribution in [-0.4, -0.2) is 5.71 Å². The van der Waals surface area contributed by atoms with E-state index in [4.69, 9.17) is 4.99 Å². The molecule has 1 radical (unpaired) electrons. The molecule has 2 heteroatoms. The van der Waals surface area contributed by atoms with E-state index in [1.165, 1.54) is 11.1 Å². The van der Waals surface area contributed by atoms with Crippen molar-refractivity contribution < 1.29 is 20.1 Å². The molecule has 0 fully saturated rings. The molecule has 1 aliphatic heterocycles. The van der Waals surface area contributed by atoms with Crippen LogP contribution < -0.4 is 0 Å². The first-order valence-electron chi connectivity index (χ1n) is 7.10. The average Bonchev–Trinajstić information content (AvgIpc) is 2.45. The van der Waals surface area contributed by atoms with E-state index >= 15 is 0 Å². The van der Waals surface area contributed by atoms with Gasteiger partial charge in [0.15, 0.2) is 0 Å². The third kappa shape index (κ3) is 2.63. The van der Waals surface area contributed by atoms with Crippen LogP contribution in [0.4, 0.5) is 0 Å². The molecule has 0 unspecified atom stereocenters. The number of hydrogen-bond donors (Lipinski definition) is 0. The molecule has 1 aliphatic rings. The summed E-state index contributed by atoms with van der Waals surface area (Å²) < 4.78 is 0. The molecule has 111 valence electrons. The number of fused-ring (bicyclic) bond motifs is 1. The smallest absolute Gasteiger partial charge is 0.0700 e. The second-order valence-corrected chi connectivity index (χ2v) is 6.47. The summed E-state index contributed by atoms with van der Waals surface area (Å²) in [4.78, 5) is 5.06. The summed E-state index contributed by atoms with van der Waals surface area (Å²) >= 11 is 0. The van der Waals surface area contributed by atoms with Crippen molar-refractivity contribution in [2.45, 2.75) is 38.6 Å². The van der Waals surface area contributed by atoms with Crippen molar-refractivity contribution in [3.8, 4) is 0 Å². The fourth-order valence-corrected chi connectivity index (χ4v) is 3.11. The van der Waals surface area contributed by atoms with E-state index in [2.05, 4.69) is 70.2 Å². The molecule has 21 heavy (non-hydrogen) atoms. The summed E-state index contributed by atoms with van der Waals surface area (Å²) in [6, 6.07) is 20.1. The van der Waals surface area contributed by atoms with Gasteiger partial charge in [0, 0.05) is 20.1 Å². The molecule has 1 heterocycles. The Morgan fingerprint density at radius 2 is 1.48 bits per heavy atom. The van der Waals surface area contributed by atoms with Crippen LogP contribution in [0.1, 0.15) is 44.4 Å². The van der Waals surface area contributed by atoms with Crippen LogP contribution in [0.3, 0.4) is 0 Å². The van der Waals surface area contributed by atoms with Crippen LogP contribution in [0.25, 0.3) is 0 Å². The molecule has 2 aromatic carbocycles. The molecular formula is C19H20IrN-. The van der Waals surface area contributed by atoms with Gasteiger partial charge < -0.3 is 4.99 Å². The minimum absolute atomic E-state index is 0. The van der Waals surface area contributed by atoms with Gasteiger partial charge in [0.1, 0.15) is 0 Å². The number of nitrogens with zero attached hydrogens (tertiary/aromatic N) is 1. The van der Waals surface area contributed by atoms with E-state index in [9.17, 15) is 0 Å². The molecule has 0 bridgehead atoms. The van der Waals surface area contributed by atoms with Gasteiger partial charge in [-0.1, -0.05) is 38.1 Å². The molecule has 0 aromatic heterocycles. The Hall–Kier alpha value is -1.24. The molecule has 2 aromatic rings. The van der Waals surface area contributed by atoms with Crippen molar-refractivity contribution in [1.29, 1.82) is 0 Å². The van der Waals surface area contributed by atoms with E-state index in [1.807, 2.05) is 12.1 Å². The summed E-state index contributed by atoms with van der Waals surface area (Å²) in [5.74, 6) is 0. The van der Waals surface area contributed by atoms with Gasteiger partial charge in [0.2, 0.25) is 0 Å². The van der Waals surface area contributed by atoms with Crippen LogP contribution >= 0.6 is 0 Å². The van der Waals surface area contributed by atoms with Gasteiger partial charge in [-0.15, -0.1) is 35.9 Å². The Morgan fingerprint density at radius 1 is 0.857 bits per heavy atom. The number of aliphatic imine (C=N–C) groups is 1. The molecule has 0 amide bonds. The molecule has 0 atom stereocenters. The van der Waals surface area contributed by atoms with Gasteiger partial charge in [-0.3, -0.25) is 0 Å². The molecule has 3 rings (SSSR count). The topological polar surface area (TPSA) is 12.4 Å². The maximum absolute atomic E-state index is 5.06. The quantitative estimate of drug-likeness (QED) is 0.563. The van der Waals surface area contributed by atoms with Crippen LogP contribution in [0.5, 0.6) is 0 Å².